The van der Waals surface area contributed by atoms with Crippen LogP contribution in [-0.4, -0.2) is 13.1 Å². The summed E-state index contributed by atoms with van der Waals surface area (Å²) in [7, 11) is 0. The minimum absolute atomic E-state index is 0.431. The molecule has 84 valence electrons. The lowest BCUT2D eigenvalue weighted by Crippen LogP contribution is -2.03. The molecule has 1 aromatic rings. The molecule has 1 aromatic carbocycles. The van der Waals surface area contributed by atoms with E-state index in [1.807, 2.05) is 0 Å². The van der Waals surface area contributed by atoms with Crippen LogP contribution in [0.4, 0.5) is 13.2 Å². The highest BCUT2D eigenvalue weighted by Crippen LogP contribution is 2.28. The first-order chi connectivity index (χ1) is 7.02. The van der Waals surface area contributed by atoms with E-state index in [1.165, 1.54) is 12.1 Å². The van der Waals surface area contributed by atoms with E-state index in [2.05, 4.69) is 4.74 Å². The Balaban J connectivity index is 0.000000336. The van der Waals surface area contributed by atoms with Crippen LogP contribution in [0.15, 0.2) is 30.3 Å². The maximum absolute atomic E-state index is 11.8. The monoisotopic (exact) mass is 220 g/mol. The molecular weight excluding hydrogens is 209 g/mol. The molecule has 5 heteroatoms. The Morgan fingerprint density at radius 2 is 1.80 bits per heavy atom. The van der Waals surface area contributed by atoms with Crippen LogP contribution in [0.25, 0.3) is 0 Å². The lowest BCUT2D eigenvalue weighted by atomic mass is 10.2. The van der Waals surface area contributed by atoms with Crippen LogP contribution in [0.2, 0.25) is 0 Å². The van der Waals surface area contributed by atoms with Gasteiger partial charge in [0.25, 0.3) is 6.47 Å². The fourth-order valence-corrected chi connectivity index (χ4v) is 0.695. The van der Waals surface area contributed by atoms with Gasteiger partial charge in [0.05, 0.1) is 12.2 Å². The van der Waals surface area contributed by atoms with Crippen molar-refractivity contribution in [1.29, 1.82) is 0 Å². The molecule has 0 saturated heterocycles. The lowest BCUT2D eigenvalue weighted by Gasteiger charge is -2.03. The number of ether oxygens (including phenoxy) is 1. The van der Waals surface area contributed by atoms with Crippen molar-refractivity contribution in [3.8, 4) is 0 Å². The Hall–Kier alpha value is -1.52. The van der Waals surface area contributed by atoms with Crippen molar-refractivity contribution in [1.82, 2.24) is 0 Å². The molecule has 15 heavy (non-hydrogen) atoms. The van der Waals surface area contributed by atoms with Crippen molar-refractivity contribution >= 4 is 6.47 Å². The van der Waals surface area contributed by atoms with Crippen molar-refractivity contribution in [2.45, 2.75) is 13.1 Å². The normalized spacial score (nSPS) is 9.87. The van der Waals surface area contributed by atoms with Crippen LogP contribution >= 0.6 is 0 Å². The molecule has 0 aromatic heterocycles. The first-order valence-corrected chi connectivity index (χ1v) is 4.19. The predicted molar refractivity (Wildman–Crippen MR) is 49.1 cm³/mol. The average molecular weight is 220 g/mol. The van der Waals surface area contributed by atoms with E-state index in [0.29, 0.717) is 13.1 Å². The molecule has 2 nitrogen and oxygen atoms in total. The summed E-state index contributed by atoms with van der Waals surface area (Å²) in [5.74, 6) is 0. The standard InChI is InChI=1S/C7H5F3.C3H6O2/c8-7(9,10)6-4-2-1-3-5-6;1-2-5-3-4/h1-5H;3H,2H2,1H3. The molecular formula is C10H11F3O2. The first-order valence-electron chi connectivity index (χ1n) is 4.19. The van der Waals surface area contributed by atoms with Gasteiger partial charge in [-0.3, -0.25) is 4.79 Å². The van der Waals surface area contributed by atoms with Crippen molar-refractivity contribution in [2.24, 2.45) is 0 Å². The quantitative estimate of drug-likeness (QED) is 0.716. The van der Waals surface area contributed by atoms with E-state index in [0.717, 1.165) is 12.1 Å². The van der Waals surface area contributed by atoms with Crippen molar-refractivity contribution in [3.63, 3.8) is 0 Å². The Bertz CT molecular complexity index is 270. The van der Waals surface area contributed by atoms with Gasteiger partial charge in [0.1, 0.15) is 0 Å². The summed E-state index contributed by atoms with van der Waals surface area (Å²) in [5.41, 5.74) is -0.602. The van der Waals surface area contributed by atoms with Crippen molar-refractivity contribution in [3.05, 3.63) is 35.9 Å². The van der Waals surface area contributed by atoms with Gasteiger partial charge in [-0.1, -0.05) is 30.3 Å². The molecule has 0 aliphatic rings. The topological polar surface area (TPSA) is 26.3 Å². The van der Waals surface area contributed by atoms with Gasteiger partial charge >= 0.3 is 6.18 Å². The van der Waals surface area contributed by atoms with Gasteiger partial charge < -0.3 is 4.74 Å². The Morgan fingerprint density at radius 1 is 1.27 bits per heavy atom. The zero-order valence-electron chi connectivity index (χ0n) is 8.12. The molecule has 0 atom stereocenters. The second-order valence-electron chi connectivity index (χ2n) is 2.42. The SMILES string of the molecule is CCOC=O.FC(F)(F)c1ccccc1. The van der Waals surface area contributed by atoms with Crippen LogP contribution < -0.4 is 0 Å². The Kier molecular flexibility index (Phi) is 6.17. The second-order valence-corrected chi connectivity index (χ2v) is 2.42. The zero-order chi connectivity index (χ0) is 11.7. The highest BCUT2D eigenvalue weighted by molar-refractivity contribution is 5.36. The Labute approximate surface area is 85.7 Å². The summed E-state index contributed by atoms with van der Waals surface area (Å²) >= 11 is 0. The van der Waals surface area contributed by atoms with Gasteiger partial charge in [-0.25, -0.2) is 0 Å². The van der Waals surface area contributed by atoms with Gasteiger partial charge in [0, 0.05) is 0 Å². The molecule has 0 spiro atoms. The number of alkyl halides is 3. The maximum atomic E-state index is 11.8. The molecule has 0 unspecified atom stereocenters. The molecule has 0 amide bonds. The van der Waals surface area contributed by atoms with E-state index in [4.69, 9.17) is 0 Å². The highest BCUT2D eigenvalue weighted by atomic mass is 19.4. The number of halogens is 3. The van der Waals surface area contributed by atoms with E-state index in [9.17, 15) is 18.0 Å². The van der Waals surface area contributed by atoms with Crippen LogP contribution in [0, 0.1) is 0 Å². The van der Waals surface area contributed by atoms with E-state index >= 15 is 0 Å². The van der Waals surface area contributed by atoms with E-state index in [-0.39, 0.29) is 0 Å². The molecule has 1 rings (SSSR count). The largest absolute Gasteiger partial charge is 0.468 e. The van der Waals surface area contributed by atoms with E-state index in [1.54, 1.807) is 13.0 Å². The number of carbonyl (C=O) groups is 1. The Morgan fingerprint density at radius 3 is 2.00 bits per heavy atom. The lowest BCUT2D eigenvalue weighted by molar-refractivity contribution is -0.137. The average Bonchev–Trinajstić information content (AvgIpc) is 2.20. The number of rotatable bonds is 2. The van der Waals surface area contributed by atoms with Crippen LogP contribution in [0.1, 0.15) is 12.5 Å². The van der Waals surface area contributed by atoms with Crippen LogP contribution in [0.3, 0.4) is 0 Å². The molecule has 0 bridgehead atoms. The molecule has 0 aliphatic heterocycles. The van der Waals surface area contributed by atoms with Gasteiger partial charge in [0.15, 0.2) is 0 Å². The minimum Gasteiger partial charge on any atom is -0.468 e. The molecule has 0 saturated carbocycles. The summed E-state index contributed by atoms with van der Waals surface area (Å²) in [6, 6.07) is 6.36. The highest BCUT2D eigenvalue weighted by Gasteiger charge is 2.29. The third-order valence-corrected chi connectivity index (χ3v) is 1.34. The first kappa shape index (κ1) is 13.5. The molecule has 0 fully saturated rings. The summed E-state index contributed by atoms with van der Waals surface area (Å²) < 4.78 is 39.5. The second kappa shape index (κ2) is 6.86. The van der Waals surface area contributed by atoms with E-state index < -0.39 is 11.7 Å². The predicted octanol–water partition coefficient (Wildman–Crippen LogP) is 2.88. The summed E-state index contributed by atoms with van der Waals surface area (Å²) in [5, 5.41) is 0. The minimum atomic E-state index is -4.21. The molecule has 0 aliphatic carbocycles. The number of carbonyl (C=O) groups excluding carboxylic acids is 1. The molecule has 0 heterocycles. The van der Waals surface area contributed by atoms with Crippen LogP contribution in [-0.2, 0) is 15.7 Å². The van der Waals surface area contributed by atoms with Crippen molar-refractivity contribution < 1.29 is 22.7 Å². The van der Waals surface area contributed by atoms with Crippen LogP contribution in [0.5, 0.6) is 0 Å². The number of hydrogen-bond donors (Lipinski definition) is 0. The number of hydrogen-bond acceptors (Lipinski definition) is 2. The fourth-order valence-electron chi connectivity index (χ4n) is 0.695. The molecule has 0 N–H and O–H groups in total. The third-order valence-electron chi connectivity index (χ3n) is 1.34. The van der Waals surface area contributed by atoms with Gasteiger partial charge in [-0.2, -0.15) is 13.2 Å². The van der Waals surface area contributed by atoms with Crippen molar-refractivity contribution in [2.75, 3.05) is 6.61 Å². The summed E-state index contributed by atoms with van der Waals surface area (Å²) in [6.07, 6.45) is -4.21. The van der Waals surface area contributed by atoms with Gasteiger partial charge in [-0.05, 0) is 6.92 Å². The smallest absolute Gasteiger partial charge is 0.416 e. The number of benzene rings is 1. The van der Waals surface area contributed by atoms with Gasteiger partial charge in [-0.15, -0.1) is 0 Å². The fraction of sp³-hybridized carbons (Fsp3) is 0.300. The maximum Gasteiger partial charge on any atom is 0.416 e. The zero-order valence-corrected chi connectivity index (χ0v) is 8.12. The van der Waals surface area contributed by atoms with Gasteiger partial charge in [0.2, 0.25) is 0 Å². The molecule has 0 radical (unpaired) electrons. The third kappa shape index (κ3) is 6.54. The summed E-state index contributed by atoms with van der Waals surface area (Å²) in [6.45, 7) is 2.66. The summed E-state index contributed by atoms with van der Waals surface area (Å²) in [4.78, 5) is 9.18.